The molecule has 2 aromatic heterocycles. The lowest BCUT2D eigenvalue weighted by Gasteiger charge is -2.15. The summed E-state index contributed by atoms with van der Waals surface area (Å²) in [6, 6.07) is 5.91. The van der Waals surface area contributed by atoms with Crippen LogP contribution in [0.15, 0.2) is 30.6 Å². The van der Waals surface area contributed by atoms with Crippen LogP contribution in [0.1, 0.15) is 18.5 Å². The van der Waals surface area contributed by atoms with E-state index in [1.54, 1.807) is 0 Å². The van der Waals surface area contributed by atoms with E-state index in [1.807, 2.05) is 39.9 Å². The Labute approximate surface area is 112 Å². The molecule has 1 aliphatic rings. The molecule has 0 atom stereocenters. The average molecular weight is 258 g/mol. The Bertz CT molecular complexity index is 539. The summed E-state index contributed by atoms with van der Waals surface area (Å²) in [5, 5.41) is 3.17. The van der Waals surface area contributed by atoms with Crippen molar-refractivity contribution in [3.8, 4) is 0 Å². The number of amides is 1. The van der Waals surface area contributed by atoms with Crippen molar-refractivity contribution in [2.45, 2.75) is 19.4 Å². The maximum absolute atomic E-state index is 11.8. The number of aromatic nitrogens is 2. The molecule has 1 fully saturated rings. The number of hydrogen-bond acceptors (Lipinski definition) is 3. The van der Waals surface area contributed by atoms with E-state index in [4.69, 9.17) is 0 Å². The number of rotatable bonds is 4. The second-order valence-corrected chi connectivity index (χ2v) is 4.89. The number of pyridine rings is 1. The fourth-order valence-electron chi connectivity index (χ4n) is 2.45. The van der Waals surface area contributed by atoms with Crippen LogP contribution in [0.3, 0.4) is 0 Å². The fraction of sp³-hybridized carbons (Fsp3) is 0.429. The molecule has 2 aromatic rings. The van der Waals surface area contributed by atoms with Gasteiger partial charge in [0.15, 0.2) is 0 Å². The molecule has 0 aliphatic carbocycles. The highest BCUT2D eigenvalue weighted by Gasteiger charge is 2.17. The van der Waals surface area contributed by atoms with Crippen LogP contribution in [0.2, 0.25) is 0 Å². The molecule has 5 nitrogen and oxygen atoms in total. The highest BCUT2D eigenvalue weighted by atomic mass is 16.2. The van der Waals surface area contributed by atoms with Gasteiger partial charge in [0.2, 0.25) is 5.91 Å². The van der Waals surface area contributed by atoms with E-state index in [1.165, 1.54) is 0 Å². The molecule has 1 aliphatic heterocycles. The summed E-state index contributed by atoms with van der Waals surface area (Å²) in [7, 11) is 0. The van der Waals surface area contributed by atoms with Crippen LogP contribution in [0.5, 0.6) is 0 Å². The number of nitrogens with one attached hydrogen (secondary N) is 1. The van der Waals surface area contributed by atoms with Crippen molar-refractivity contribution in [2.75, 3.05) is 19.6 Å². The molecule has 0 unspecified atom stereocenters. The lowest BCUT2D eigenvalue weighted by molar-refractivity contribution is -0.129. The van der Waals surface area contributed by atoms with E-state index in [0.29, 0.717) is 13.1 Å². The predicted molar refractivity (Wildman–Crippen MR) is 72.7 cm³/mol. The molecule has 1 N–H and O–H groups in total. The first-order valence-electron chi connectivity index (χ1n) is 6.74. The van der Waals surface area contributed by atoms with Crippen LogP contribution in [-0.2, 0) is 11.3 Å². The monoisotopic (exact) mass is 258 g/mol. The molecule has 0 aromatic carbocycles. The zero-order chi connectivity index (χ0) is 13.1. The van der Waals surface area contributed by atoms with Gasteiger partial charge < -0.3 is 14.6 Å². The van der Waals surface area contributed by atoms with E-state index >= 15 is 0 Å². The minimum absolute atomic E-state index is 0.196. The maximum Gasteiger partial charge on any atom is 0.236 e. The molecule has 0 radical (unpaired) electrons. The molecule has 3 rings (SSSR count). The minimum Gasteiger partial charge on any atom is -0.342 e. The van der Waals surface area contributed by atoms with Gasteiger partial charge in [-0.3, -0.25) is 4.79 Å². The summed E-state index contributed by atoms with van der Waals surface area (Å²) in [6.07, 6.45) is 6.24. The number of fused-ring (bicyclic) bond motifs is 1. The zero-order valence-electron chi connectivity index (χ0n) is 10.9. The van der Waals surface area contributed by atoms with Gasteiger partial charge in [0.05, 0.1) is 12.2 Å². The third-order valence-corrected chi connectivity index (χ3v) is 3.45. The Morgan fingerprint density at radius 1 is 1.32 bits per heavy atom. The fourth-order valence-corrected chi connectivity index (χ4v) is 2.45. The molecular weight excluding hydrogens is 240 g/mol. The van der Waals surface area contributed by atoms with E-state index in [2.05, 4.69) is 10.3 Å². The lowest BCUT2D eigenvalue weighted by atomic mass is 10.4. The van der Waals surface area contributed by atoms with Gasteiger partial charge in [-0.15, -0.1) is 0 Å². The third kappa shape index (κ3) is 2.76. The van der Waals surface area contributed by atoms with Crippen molar-refractivity contribution in [3.05, 3.63) is 36.3 Å². The summed E-state index contributed by atoms with van der Waals surface area (Å²) < 4.78 is 1.99. The molecule has 0 spiro atoms. The molecule has 0 bridgehead atoms. The summed E-state index contributed by atoms with van der Waals surface area (Å²) in [4.78, 5) is 18.3. The molecule has 3 heterocycles. The van der Waals surface area contributed by atoms with Crippen molar-refractivity contribution in [3.63, 3.8) is 0 Å². The molecular formula is C14H18N4O. The second kappa shape index (κ2) is 5.40. The number of carbonyl (C=O) groups is 1. The van der Waals surface area contributed by atoms with Gasteiger partial charge in [-0.2, -0.15) is 0 Å². The first-order valence-corrected chi connectivity index (χ1v) is 6.74. The Balaban J connectivity index is 1.53. The predicted octanol–water partition coefficient (Wildman–Crippen LogP) is 1.05. The van der Waals surface area contributed by atoms with E-state index in [0.717, 1.165) is 37.3 Å². The lowest BCUT2D eigenvalue weighted by Crippen LogP contribution is -2.36. The highest BCUT2D eigenvalue weighted by Crippen LogP contribution is 2.07. The van der Waals surface area contributed by atoms with Crippen LogP contribution in [0.4, 0.5) is 0 Å². The molecule has 5 heteroatoms. The molecule has 0 saturated carbocycles. The van der Waals surface area contributed by atoms with Crippen LogP contribution in [0.25, 0.3) is 5.65 Å². The number of likely N-dealkylation sites (tertiary alicyclic amines) is 1. The quantitative estimate of drug-likeness (QED) is 0.891. The second-order valence-electron chi connectivity index (χ2n) is 4.89. The number of nitrogens with zero attached hydrogens (tertiary/aromatic N) is 3. The first kappa shape index (κ1) is 12.2. The van der Waals surface area contributed by atoms with Crippen molar-refractivity contribution >= 4 is 11.6 Å². The third-order valence-electron chi connectivity index (χ3n) is 3.45. The van der Waals surface area contributed by atoms with Crippen molar-refractivity contribution < 1.29 is 4.79 Å². The van der Waals surface area contributed by atoms with Gasteiger partial charge in [-0.1, -0.05) is 6.07 Å². The van der Waals surface area contributed by atoms with Crippen LogP contribution in [-0.4, -0.2) is 39.8 Å². The van der Waals surface area contributed by atoms with Crippen LogP contribution in [0, 0.1) is 0 Å². The SMILES string of the molecule is O=C(CNCc1cn2ccccc2n1)N1CCCC1. The normalized spacial score (nSPS) is 15.3. The van der Waals surface area contributed by atoms with E-state index < -0.39 is 0 Å². The van der Waals surface area contributed by atoms with Gasteiger partial charge in [-0.05, 0) is 25.0 Å². The van der Waals surface area contributed by atoms with E-state index in [9.17, 15) is 4.79 Å². The van der Waals surface area contributed by atoms with Gasteiger partial charge >= 0.3 is 0 Å². The Morgan fingerprint density at radius 2 is 2.16 bits per heavy atom. The Kier molecular flexibility index (Phi) is 3.46. The number of hydrogen-bond donors (Lipinski definition) is 1. The standard InChI is InChI=1S/C14H18N4O/c19-14(17-6-3-4-7-17)10-15-9-12-11-18-8-2-1-5-13(18)16-12/h1-2,5,8,11,15H,3-4,6-7,9-10H2. The molecule has 1 saturated heterocycles. The molecule has 19 heavy (non-hydrogen) atoms. The summed E-state index contributed by atoms with van der Waals surface area (Å²) in [6.45, 7) is 2.85. The van der Waals surface area contributed by atoms with Crippen molar-refractivity contribution in [1.29, 1.82) is 0 Å². The highest BCUT2D eigenvalue weighted by molar-refractivity contribution is 5.78. The maximum atomic E-state index is 11.8. The largest absolute Gasteiger partial charge is 0.342 e. The van der Waals surface area contributed by atoms with Gasteiger partial charge in [0, 0.05) is 32.0 Å². The molecule has 1 amide bonds. The Hall–Kier alpha value is -1.88. The summed E-state index contributed by atoms with van der Waals surface area (Å²) in [5.74, 6) is 0.196. The van der Waals surface area contributed by atoms with Gasteiger partial charge in [-0.25, -0.2) is 4.98 Å². The topological polar surface area (TPSA) is 49.6 Å². The first-order chi connectivity index (χ1) is 9.33. The zero-order valence-corrected chi connectivity index (χ0v) is 10.9. The smallest absolute Gasteiger partial charge is 0.236 e. The minimum atomic E-state index is 0.196. The van der Waals surface area contributed by atoms with Crippen LogP contribution >= 0.6 is 0 Å². The molecule has 100 valence electrons. The average Bonchev–Trinajstić information content (AvgIpc) is 3.07. The van der Waals surface area contributed by atoms with Gasteiger partial charge in [0.1, 0.15) is 5.65 Å². The number of carbonyl (C=O) groups excluding carboxylic acids is 1. The van der Waals surface area contributed by atoms with E-state index in [-0.39, 0.29) is 5.91 Å². The number of imidazole rings is 1. The Morgan fingerprint density at radius 3 is 2.95 bits per heavy atom. The van der Waals surface area contributed by atoms with Crippen LogP contribution < -0.4 is 5.32 Å². The van der Waals surface area contributed by atoms with Crippen molar-refractivity contribution in [1.82, 2.24) is 19.6 Å². The van der Waals surface area contributed by atoms with Crippen molar-refractivity contribution in [2.24, 2.45) is 0 Å². The van der Waals surface area contributed by atoms with Gasteiger partial charge in [0.25, 0.3) is 0 Å². The summed E-state index contributed by atoms with van der Waals surface area (Å²) >= 11 is 0. The summed E-state index contributed by atoms with van der Waals surface area (Å²) in [5.41, 5.74) is 1.89.